The molecular weight excluding hydrogens is 602 g/mol. The molecule has 0 spiro atoms. The number of aliphatic imine (C=N–C) groups is 1. The number of nitrogens with one attached hydrogen (secondary N) is 3. The van der Waals surface area contributed by atoms with Crippen LogP contribution in [0.3, 0.4) is 0 Å². The first-order valence-corrected chi connectivity index (χ1v) is 17.0. The molecule has 3 amide bonds. The minimum Gasteiger partial charge on any atom is -0.342 e. The van der Waals surface area contributed by atoms with Gasteiger partial charge in [0.25, 0.3) is 5.91 Å². The Kier molecular flexibility index (Phi) is 13.0. The zero-order valence-corrected chi connectivity index (χ0v) is 29.7. The van der Waals surface area contributed by atoms with Gasteiger partial charge in [0, 0.05) is 18.0 Å². The van der Waals surface area contributed by atoms with E-state index in [0.29, 0.717) is 5.56 Å². The fourth-order valence-electron chi connectivity index (χ4n) is 5.34. The Labute approximate surface area is 275 Å². The lowest BCUT2D eigenvalue weighted by molar-refractivity contribution is -0.140. The van der Waals surface area contributed by atoms with Gasteiger partial charge in [-0.05, 0) is 55.3 Å². The summed E-state index contributed by atoms with van der Waals surface area (Å²) in [6, 6.07) is 13.9. The van der Waals surface area contributed by atoms with Crippen LogP contribution in [-0.4, -0.2) is 70.0 Å². The van der Waals surface area contributed by atoms with Gasteiger partial charge < -0.3 is 15.5 Å². The van der Waals surface area contributed by atoms with E-state index in [1.165, 1.54) is 11.8 Å². The fourth-order valence-corrected chi connectivity index (χ4v) is 6.49. The van der Waals surface area contributed by atoms with Crippen molar-refractivity contribution in [3.63, 3.8) is 0 Å². The second kappa shape index (κ2) is 15.6. The molecule has 0 bridgehead atoms. The van der Waals surface area contributed by atoms with E-state index in [-0.39, 0.29) is 29.1 Å². The summed E-state index contributed by atoms with van der Waals surface area (Å²) in [7, 11) is -0.613. The van der Waals surface area contributed by atoms with Crippen LogP contribution in [0.2, 0.25) is 0 Å². The molecule has 0 aliphatic carbocycles. The van der Waals surface area contributed by atoms with E-state index in [0.717, 1.165) is 11.3 Å². The smallest absolute Gasteiger partial charge is 0.260 e. The highest BCUT2D eigenvalue weighted by Crippen LogP contribution is 2.30. The van der Waals surface area contributed by atoms with Crippen LogP contribution in [0.1, 0.15) is 66.5 Å². The molecule has 2 aromatic carbocycles. The van der Waals surface area contributed by atoms with Gasteiger partial charge in [0.05, 0.1) is 23.5 Å². The van der Waals surface area contributed by atoms with Crippen LogP contribution in [0, 0.1) is 11.3 Å². The van der Waals surface area contributed by atoms with Gasteiger partial charge in [0.15, 0.2) is 0 Å². The Bertz CT molecular complexity index is 1510. The Morgan fingerprint density at radius 2 is 1.52 bits per heavy atom. The topological polar surface area (TPSA) is 137 Å². The van der Waals surface area contributed by atoms with Gasteiger partial charge in [-0.1, -0.05) is 97.0 Å². The molecule has 0 saturated heterocycles. The molecule has 2 aromatic rings. The van der Waals surface area contributed by atoms with Crippen molar-refractivity contribution in [3.8, 4) is 0 Å². The van der Waals surface area contributed by atoms with E-state index < -0.39 is 44.9 Å². The Balaban J connectivity index is 2.30. The molecule has 10 nitrogen and oxygen atoms in total. The number of hydrogen-bond acceptors (Lipinski definition) is 7. The van der Waals surface area contributed by atoms with Crippen LogP contribution < -0.4 is 15.4 Å². The van der Waals surface area contributed by atoms with Crippen molar-refractivity contribution >= 4 is 40.1 Å². The largest absolute Gasteiger partial charge is 0.342 e. The maximum atomic E-state index is 14.1. The van der Waals surface area contributed by atoms with Crippen LogP contribution in [0.15, 0.2) is 71.2 Å². The number of carbonyl (C=O) groups excluding carboxylic acids is 3. The molecule has 46 heavy (non-hydrogen) atoms. The third-order valence-corrected chi connectivity index (χ3v) is 9.38. The van der Waals surface area contributed by atoms with Crippen molar-refractivity contribution in [1.82, 2.24) is 20.3 Å². The number of benzene rings is 2. The predicted octanol–water partition coefficient (Wildman–Crippen LogP) is 4.49. The summed E-state index contributed by atoms with van der Waals surface area (Å²) in [5, 5.41) is 6.14. The summed E-state index contributed by atoms with van der Waals surface area (Å²) in [6.07, 6.45) is 1.60. The normalized spacial score (nSPS) is 14.6. The van der Waals surface area contributed by atoms with E-state index in [9.17, 15) is 22.8 Å². The number of amides is 3. The number of carbonyl (C=O) groups is 3. The van der Waals surface area contributed by atoms with Crippen LogP contribution in [-0.2, 0) is 35.6 Å². The second-order valence-electron chi connectivity index (χ2n) is 13.7. The monoisotopic (exact) mass is 653 g/mol. The number of likely N-dealkylation sites (N-methyl/N-ethyl adjacent to an activating group) is 2. The number of hydrogen-bond donors (Lipinski definition) is 3. The van der Waals surface area contributed by atoms with Crippen molar-refractivity contribution in [3.05, 3.63) is 77.4 Å². The van der Waals surface area contributed by atoms with E-state index >= 15 is 0 Å². The van der Waals surface area contributed by atoms with Gasteiger partial charge in [-0.25, -0.2) is 13.1 Å². The Morgan fingerprint density at radius 1 is 0.957 bits per heavy atom. The molecule has 2 rings (SSSR count). The molecule has 0 aliphatic rings. The Hall–Kier alpha value is -3.83. The van der Waals surface area contributed by atoms with Gasteiger partial charge in [0.1, 0.15) is 6.04 Å². The quantitative estimate of drug-likeness (QED) is 0.203. The molecule has 0 aliphatic heterocycles. The minimum absolute atomic E-state index is 0.133. The molecule has 0 aromatic heterocycles. The van der Waals surface area contributed by atoms with Crippen LogP contribution in [0.4, 0.5) is 5.69 Å². The zero-order chi connectivity index (χ0) is 35.0. The van der Waals surface area contributed by atoms with Crippen molar-refractivity contribution in [1.29, 1.82) is 0 Å². The average molecular weight is 654 g/mol. The zero-order valence-electron chi connectivity index (χ0n) is 28.8. The molecular formula is C35H51N5O5S. The van der Waals surface area contributed by atoms with Gasteiger partial charge in [0.2, 0.25) is 21.8 Å². The number of rotatable bonds is 14. The number of nitrogens with zero attached hydrogens (tertiary/aromatic N) is 2. The maximum Gasteiger partial charge on any atom is 0.260 e. The van der Waals surface area contributed by atoms with Crippen molar-refractivity contribution < 1.29 is 22.8 Å². The summed E-state index contributed by atoms with van der Waals surface area (Å²) in [5.41, 5.74) is 1.03. The average Bonchev–Trinajstić information content (AvgIpc) is 2.97. The summed E-state index contributed by atoms with van der Waals surface area (Å²) in [6.45, 7) is 18.4. The second-order valence-corrected chi connectivity index (χ2v) is 15.4. The summed E-state index contributed by atoms with van der Waals surface area (Å²) in [4.78, 5) is 46.4. The molecule has 0 radical (unpaired) electrons. The molecule has 3 N–H and O–H groups in total. The Morgan fingerprint density at radius 3 is 2.00 bits per heavy atom. The molecule has 252 valence electrons. The van der Waals surface area contributed by atoms with E-state index in [2.05, 4.69) is 27.1 Å². The van der Waals surface area contributed by atoms with Crippen LogP contribution in [0.5, 0.6) is 0 Å². The number of sulfonamides is 1. The third-order valence-electron chi connectivity index (χ3n) is 8.17. The van der Waals surface area contributed by atoms with Crippen molar-refractivity contribution in [2.75, 3.05) is 14.1 Å². The highest BCUT2D eigenvalue weighted by atomic mass is 32.2. The van der Waals surface area contributed by atoms with Crippen molar-refractivity contribution in [2.24, 2.45) is 16.3 Å². The van der Waals surface area contributed by atoms with Crippen molar-refractivity contribution in [2.45, 2.75) is 84.7 Å². The first kappa shape index (κ1) is 38.4. The maximum absolute atomic E-state index is 14.1. The lowest BCUT2D eigenvalue weighted by Gasteiger charge is -2.40. The molecule has 11 heteroatoms. The predicted molar refractivity (Wildman–Crippen MR) is 185 cm³/mol. The van der Waals surface area contributed by atoms with E-state index in [4.69, 9.17) is 0 Å². The fraction of sp³-hybridized carbons (Fsp3) is 0.486. The van der Waals surface area contributed by atoms with E-state index in [1.54, 1.807) is 50.5 Å². The molecule has 3 atom stereocenters. The summed E-state index contributed by atoms with van der Waals surface area (Å²) >= 11 is 0. The van der Waals surface area contributed by atoms with Gasteiger partial charge in [-0.2, -0.15) is 0 Å². The molecule has 0 fully saturated rings. The summed E-state index contributed by atoms with van der Waals surface area (Å²) < 4.78 is 27.5. The standard InChI is InChI=1S/C35H51N5O5S/c1-23(2)28(21-24(3)31(41)39-46(44,45)22-25-15-13-12-14-16-25)40(11)33(43)30(34(4,5)6)38-32(42)29(37-10)35(7,8)26-17-19-27(36-9)20-18-26/h12-21,23,28-30,37H,9,22H2,1-8,10-11H3,(H,38,42)(H,39,41)/b24-21+/t28-,29-,30-/m1/s1. The first-order chi connectivity index (χ1) is 21.2. The summed E-state index contributed by atoms with van der Waals surface area (Å²) in [5.74, 6) is -1.91. The van der Waals surface area contributed by atoms with Gasteiger partial charge >= 0.3 is 0 Å². The van der Waals surface area contributed by atoms with E-state index in [1.807, 2.05) is 72.7 Å². The van der Waals surface area contributed by atoms with Gasteiger partial charge in [-0.15, -0.1) is 0 Å². The highest BCUT2D eigenvalue weighted by molar-refractivity contribution is 7.89. The highest BCUT2D eigenvalue weighted by Gasteiger charge is 2.41. The van der Waals surface area contributed by atoms with Crippen LogP contribution in [0.25, 0.3) is 0 Å². The molecule has 0 heterocycles. The molecule has 0 unspecified atom stereocenters. The SMILES string of the molecule is C=Nc1ccc(C(C)(C)[C@H](NC)C(=O)N[C@H](C(=O)N(C)[C@H](/C=C(\C)C(=O)NS(=O)(=O)Cc2ccccc2)C(C)C)C(C)(C)C)cc1. The van der Waals surface area contributed by atoms with Gasteiger partial charge in [-0.3, -0.25) is 19.4 Å². The minimum atomic E-state index is -3.95. The molecule has 0 saturated carbocycles. The lowest BCUT2D eigenvalue weighted by atomic mass is 9.76. The lowest BCUT2D eigenvalue weighted by Crippen LogP contribution is -2.61. The van der Waals surface area contributed by atoms with Crippen LogP contribution >= 0.6 is 0 Å². The third kappa shape index (κ3) is 10.1. The first-order valence-electron chi connectivity index (χ1n) is 15.3.